The number of hydrogen-bond acceptors (Lipinski definition) is 4. The van der Waals surface area contributed by atoms with Crippen LogP contribution in [0.2, 0.25) is 36.3 Å². The molecule has 0 aromatic carbocycles. The average Bonchev–Trinajstić information content (AvgIpc) is 2.83. The normalized spacial score (nSPS) is 23.9. The summed E-state index contributed by atoms with van der Waals surface area (Å²) in [5.74, 6) is 0. The van der Waals surface area contributed by atoms with E-state index >= 15 is 0 Å². The van der Waals surface area contributed by atoms with E-state index in [4.69, 9.17) is 18.3 Å². The summed E-state index contributed by atoms with van der Waals surface area (Å²) in [4.78, 5) is 0. The summed E-state index contributed by atoms with van der Waals surface area (Å²) in [6, 6.07) is 0. The van der Waals surface area contributed by atoms with Gasteiger partial charge in [0, 0.05) is 0 Å². The lowest BCUT2D eigenvalue weighted by Crippen LogP contribution is -2.46. The molecule has 1 aliphatic rings. The van der Waals surface area contributed by atoms with E-state index in [0.717, 1.165) is 0 Å². The van der Waals surface area contributed by atoms with Crippen molar-refractivity contribution in [2.24, 2.45) is 0 Å². The molecule has 0 aromatic heterocycles. The molecular formula is C19H40O4Si2. The molecule has 25 heavy (non-hydrogen) atoms. The third kappa shape index (κ3) is 6.01. The molecule has 1 rings (SSSR count). The molecule has 0 unspecified atom stereocenters. The molecule has 0 radical (unpaired) electrons. The first-order valence-corrected chi connectivity index (χ1v) is 15.1. The lowest BCUT2D eigenvalue weighted by molar-refractivity contribution is -0.0372. The van der Waals surface area contributed by atoms with Crippen LogP contribution in [0, 0.1) is 0 Å². The molecule has 1 saturated heterocycles. The second-order valence-electron chi connectivity index (χ2n) is 10.1. The first kappa shape index (κ1) is 23.1. The lowest BCUT2D eigenvalue weighted by Gasteiger charge is -2.38. The van der Waals surface area contributed by atoms with Crippen LogP contribution < -0.4 is 0 Å². The summed E-state index contributed by atoms with van der Waals surface area (Å²) in [7, 11) is -3.63. The van der Waals surface area contributed by atoms with E-state index in [0.29, 0.717) is 13.2 Å². The van der Waals surface area contributed by atoms with Gasteiger partial charge in [0.25, 0.3) is 0 Å². The van der Waals surface area contributed by atoms with Crippen LogP contribution >= 0.6 is 0 Å². The van der Waals surface area contributed by atoms with Crippen molar-refractivity contribution in [3.63, 3.8) is 0 Å². The Morgan fingerprint density at radius 2 is 1.12 bits per heavy atom. The maximum atomic E-state index is 6.36. The minimum absolute atomic E-state index is 0.109. The fourth-order valence-corrected chi connectivity index (χ4v) is 4.00. The summed E-state index contributed by atoms with van der Waals surface area (Å²) >= 11 is 0. The van der Waals surface area contributed by atoms with Crippen LogP contribution in [-0.4, -0.2) is 48.3 Å². The zero-order valence-corrected chi connectivity index (χ0v) is 20.1. The molecule has 4 nitrogen and oxygen atoms in total. The minimum atomic E-state index is -1.82. The van der Waals surface area contributed by atoms with E-state index in [1.807, 2.05) is 0 Å². The van der Waals surface area contributed by atoms with Gasteiger partial charge in [-0.1, -0.05) is 48.1 Å². The van der Waals surface area contributed by atoms with Crippen molar-refractivity contribution in [1.82, 2.24) is 0 Å². The van der Waals surface area contributed by atoms with E-state index in [9.17, 15) is 0 Å². The van der Waals surface area contributed by atoms with Crippen LogP contribution in [0.3, 0.4) is 0 Å². The second kappa shape index (κ2) is 7.94. The van der Waals surface area contributed by atoms with Crippen LogP contribution in [0.15, 0.2) is 12.7 Å². The van der Waals surface area contributed by atoms with Gasteiger partial charge >= 0.3 is 0 Å². The smallest absolute Gasteiger partial charge is 0.192 e. The molecule has 0 N–H and O–H groups in total. The first-order chi connectivity index (χ1) is 11.1. The van der Waals surface area contributed by atoms with Gasteiger partial charge in [-0.15, -0.1) is 0 Å². The van der Waals surface area contributed by atoms with E-state index in [1.165, 1.54) is 0 Å². The maximum absolute atomic E-state index is 6.36. The van der Waals surface area contributed by atoms with Gasteiger partial charge in [0.1, 0.15) is 12.2 Å². The Balaban J connectivity index is 2.72. The fraction of sp³-hybridized carbons (Fsp3) is 0.895. The van der Waals surface area contributed by atoms with Crippen molar-refractivity contribution in [1.29, 1.82) is 0 Å². The quantitative estimate of drug-likeness (QED) is 0.436. The summed E-state index contributed by atoms with van der Waals surface area (Å²) in [6.07, 6.45) is 1.11. The predicted molar refractivity (Wildman–Crippen MR) is 110 cm³/mol. The molecule has 0 aliphatic carbocycles. The van der Waals surface area contributed by atoms with Crippen molar-refractivity contribution in [3.8, 4) is 0 Å². The Hall–Kier alpha value is 0.0138. The highest BCUT2D eigenvalue weighted by Gasteiger charge is 2.43. The van der Waals surface area contributed by atoms with E-state index in [-0.39, 0.29) is 28.6 Å². The highest BCUT2D eigenvalue weighted by atomic mass is 28.4. The SMILES string of the molecule is C=CC1O[C@@H](CO[Si](C)(C)C(C)(C)C)[C@H](CO[Si](C)(C)C(C)(C)C)O1. The topological polar surface area (TPSA) is 36.9 Å². The van der Waals surface area contributed by atoms with Gasteiger partial charge in [0.2, 0.25) is 0 Å². The Bertz CT molecular complexity index is 411. The summed E-state index contributed by atoms with van der Waals surface area (Å²) in [5.41, 5.74) is 0. The molecular weight excluding hydrogens is 348 g/mol. The van der Waals surface area contributed by atoms with Crippen molar-refractivity contribution in [2.45, 2.75) is 96.3 Å². The number of hydrogen-bond donors (Lipinski definition) is 0. The molecule has 0 aromatic rings. The van der Waals surface area contributed by atoms with Crippen molar-refractivity contribution >= 4 is 16.6 Å². The third-order valence-electron chi connectivity index (χ3n) is 6.05. The van der Waals surface area contributed by atoms with Gasteiger partial charge in [-0.2, -0.15) is 0 Å². The molecule has 0 bridgehead atoms. The van der Waals surface area contributed by atoms with Crippen LogP contribution in [0.5, 0.6) is 0 Å². The number of ether oxygens (including phenoxy) is 2. The standard InChI is InChI=1S/C19H40O4Si2/c1-12-17-22-15(13-20-24(8,9)18(2,3)4)16(23-17)14-21-25(10,11)19(5,6)7/h12,15-17H,1,13-14H2,2-11H3/t15-,16-/m0/s1. The van der Waals surface area contributed by atoms with Crippen molar-refractivity contribution < 1.29 is 18.3 Å². The van der Waals surface area contributed by atoms with Crippen LogP contribution in [0.4, 0.5) is 0 Å². The minimum Gasteiger partial charge on any atom is -0.414 e. The fourth-order valence-electron chi connectivity index (χ4n) is 1.97. The Labute approximate surface area is 157 Å². The van der Waals surface area contributed by atoms with Crippen LogP contribution in [0.1, 0.15) is 41.5 Å². The molecule has 1 aliphatic heterocycles. The summed E-state index contributed by atoms with van der Waals surface area (Å²) in [5, 5.41) is 0.356. The Kier molecular flexibility index (Phi) is 7.33. The predicted octanol–water partition coefficient (Wildman–Crippen LogP) is 5.33. The van der Waals surface area contributed by atoms with Gasteiger partial charge in [0.05, 0.1) is 13.2 Å². The Morgan fingerprint density at radius 1 is 0.800 bits per heavy atom. The van der Waals surface area contributed by atoms with Crippen molar-refractivity contribution in [3.05, 3.63) is 12.7 Å². The highest BCUT2D eigenvalue weighted by molar-refractivity contribution is 6.74. The van der Waals surface area contributed by atoms with E-state index in [2.05, 4.69) is 74.3 Å². The molecule has 0 saturated carbocycles. The summed E-state index contributed by atoms with van der Waals surface area (Å²) in [6.45, 7) is 27.4. The molecule has 1 fully saturated rings. The molecule has 2 atom stereocenters. The van der Waals surface area contributed by atoms with Crippen molar-refractivity contribution in [2.75, 3.05) is 13.2 Å². The Morgan fingerprint density at radius 3 is 1.36 bits per heavy atom. The van der Waals surface area contributed by atoms with Gasteiger partial charge in [-0.3, -0.25) is 0 Å². The largest absolute Gasteiger partial charge is 0.414 e. The molecule has 148 valence electrons. The van der Waals surface area contributed by atoms with Crippen LogP contribution in [0.25, 0.3) is 0 Å². The zero-order valence-electron chi connectivity index (χ0n) is 18.1. The van der Waals surface area contributed by atoms with E-state index in [1.54, 1.807) is 6.08 Å². The molecule has 0 amide bonds. The molecule has 6 heteroatoms. The lowest BCUT2D eigenvalue weighted by atomic mass is 10.2. The van der Waals surface area contributed by atoms with E-state index < -0.39 is 16.6 Å². The van der Waals surface area contributed by atoms with Crippen LogP contribution in [-0.2, 0) is 18.3 Å². The second-order valence-corrected chi connectivity index (χ2v) is 19.7. The molecule has 0 spiro atoms. The molecule has 1 heterocycles. The zero-order chi connectivity index (χ0) is 19.7. The highest BCUT2D eigenvalue weighted by Crippen LogP contribution is 2.38. The first-order valence-electron chi connectivity index (χ1n) is 9.32. The maximum Gasteiger partial charge on any atom is 0.192 e. The van der Waals surface area contributed by atoms with Gasteiger partial charge < -0.3 is 18.3 Å². The third-order valence-corrected chi connectivity index (χ3v) is 15.1. The van der Waals surface area contributed by atoms with Gasteiger partial charge in [-0.25, -0.2) is 0 Å². The average molecular weight is 389 g/mol. The van der Waals surface area contributed by atoms with Gasteiger partial charge in [0.15, 0.2) is 22.9 Å². The van der Waals surface area contributed by atoms with Gasteiger partial charge in [-0.05, 0) is 42.3 Å². The number of rotatable bonds is 7. The summed E-state index contributed by atoms with van der Waals surface area (Å²) < 4.78 is 24.7. The monoisotopic (exact) mass is 388 g/mol.